The molecule has 0 bridgehead atoms. The number of nitriles is 1. The van der Waals surface area contributed by atoms with Crippen molar-refractivity contribution in [3.05, 3.63) is 0 Å². The molecule has 0 heterocycles. The van der Waals surface area contributed by atoms with Crippen molar-refractivity contribution < 1.29 is 9.53 Å². The van der Waals surface area contributed by atoms with Gasteiger partial charge in [-0.1, -0.05) is 6.92 Å². The average molecular weight is 200 g/mol. The Morgan fingerprint density at radius 2 is 1.86 bits per heavy atom. The van der Waals surface area contributed by atoms with Crippen molar-refractivity contribution in [2.75, 3.05) is 6.54 Å². The van der Waals surface area contributed by atoms with E-state index in [1.165, 1.54) is 0 Å². The van der Waals surface area contributed by atoms with Crippen LogP contribution in [0.3, 0.4) is 0 Å². The monoisotopic (exact) mass is 200 g/mol. The molecule has 0 aliphatic heterocycles. The molecular weight excluding hydrogens is 180 g/mol. The third kappa shape index (κ3) is 17.0. The Kier molecular flexibility index (Phi) is 9.10. The highest BCUT2D eigenvalue weighted by atomic mass is 16.6. The Labute approximate surface area is 86.2 Å². The third-order valence-corrected chi connectivity index (χ3v) is 0.878. The smallest absolute Gasteiger partial charge is 0.407 e. The van der Waals surface area contributed by atoms with Gasteiger partial charge in [0.1, 0.15) is 5.60 Å². The van der Waals surface area contributed by atoms with Gasteiger partial charge in [-0.15, -0.1) is 0 Å². The summed E-state index contributed by atoms with van der Waals surface area (Å²) in [5.74, 6) is 0. The first-order chi connectivity index (χ1) is 6.37. The molecule has 0 radical (unpaired) electrons. The number of nitrogens with one attached hydrogen (secondary N) is 1. The van der Waals surface area contributed by atoms with Gasteiger partial charge >= 0.3 is 6.09 Å². The van der Waals surface area contributed by atoms with Crippen LogP contribution in [0, 0.1) is 11.3 Å². The molecule has 1 N–H and O–H groups in total. The lowest BCUT2D eigenvalue weighted by Gasteiger charge is -2.19. The molecule has 82 valence electrons. The molecule has 0 atom stereocenters. The normalized spacial score (nSPS) is 9.14. The summed E-state index contributed by atoms with van der Waals surface area (Å²) in [4.78, 5) is 10.7. The van der Waals surface area contributed by atoms with Crippen LogP contribution < -0.4 is 5.32 Å². The van der Waals surface area contributed by atoms with Crippen molar-refractivity contribution in [3.8, 4) is 6.07 Å². The number of hydrogen-bond donors (Lipinski definition) is 1. The maximum atomic E-state index is 10.7. The van der Waals surface area contributed by atoms with E-state index in [0.29, 0.717) is 13.0 Å². The number of carbonyl (C=O) groups excluding carboxylic acids is 1. The fourth-order valence-electron chi connectivity index (χ4n) is 0.459. The van der Waals surface area contributed by atoms with Gasteiger partial charge in [0.15, 0.2) is 0 Å². The molecule has 0 aliphatic carbocycles. The van der Waals surface area contributed by atoms with Crippen molar-refractivity contribution in [1.29, 1.82) is 5.26 Å². The molecule has 4 nitrogen and oxygen atoms in total. The molecule has 14 heavy (non-hydrogen) atoms. The van der Waals surface area contributed by atoms with Crippen molar-refractivity contribution in [2.45, 2.75) is 46.6 Å². The van der Waals surface area contributed by atoms with Gasteiger partial charge in [0.2, 0.25) is 0 Å². The topological polar surface area (TPSA) is 62.1 Å². The zero-order chi connectivity index (χ0) is 11.6. The van der Waals surface area contributed by atoms with Crippen LogP contribution in [0.1, 0.15) is 41.0 Å². The van der Waals surface area contributed by atoms with Gasteiger partial charge in [-0.05, 0) is 27.7 Å². The number of nitrogens with zero attached hydrogens (tertiary/aromatic N) is 1. The van der Waals surface area contributed by atoms with E-state index in [1.54, 1.807) is 0 Å². The Balaban J connectivity index is 0. The van der Waals surface area contributed by atoms with E-state index in [2.05, 4.69) is 5.32 Å². The molecule has 0 aromatic carbocycles. The highest BCUT2D eigenvalue weighted by Crippen LogP contribution is 2.05. The van der Waals surface area contributed by atoms with Gasteiger partial charge in [-0.2, -0.15) is 5.26 Å². The highest BCUT2D eigenvalue weighted by Gasteiger charge is 2.14. The number of ether oxygens (including phenoxy) is 1. The van der Waals surface area contributed by atoms with E-state index in [1.807, 2.05) is 40.7 Å². The van der Waals surface area contributed by atoms with Crippen LogP contribution in [0.4, 0.5) is 4.79 Å². The SMILES string of the molecule is CCC#N.CCNC(=O)OC(C)(C)C. The van der Waals surface area contributed by atoms with Crippen molar-refractivity contribution >= 4 is 6.09 Å². The maximum Gasteiger partial charge on any atom is 0.407 e. The number of amides is 1. The molecule has 0 unspecified atom stereocenters. The second-order valence-electron chi connectivity index (χ2n) is 3.54. The van der Waals surface area contributed by atoms with E-state index >= 15 is 0 Å². The van der Waals surface area contributed by atoms with Crippen LogP contribution >= 0.6 is 0 Å². The quantitative estimate of drug-likeness (QED) is 0.707. The van der Waals surface area contributed by atoms with Crippen molar-refractivity contribution in [2.24, 2.45) is 0 Å². The first-order valence-electron chi connectivity index (χ1n) is 4.71. The summed E-state index contributed by atoms with van der Waals surface area (Å²) < 4.78 is 4.93. The van der Waals surface area contributed by atoms with E-state index in [-0.39, 0.29) is 11.7 Å². The number of hydrogen-bond acceptors (Lipinski definition) is 3. The molecule has 0 aromatic heterocycles. The van der Waals surface area contributed by atoms with E-state index in [4.69, 9.17) is 10.00 Å². The van der Waals surface area contributed by atoms with Crippen LogP contribution in [0.2, 0.25) is 0 Å². The summed E-state index contributed by atoms with van der Waals surface area (Å²) in [7, 11) is 0. The molecule has 0 rings (SSSR count). The number of alkyl carbamates (subject to hydrolysis) is 1. The number of rotatable bonds is 1. The summed E-state index contributed by atoms with van der Waals surface area (Å²) >= 11 is 0. The minimum Gasteiger partial charge on any atom is -0.444 e. The van der Waals surface area contributed by atoms with Crippen LogP contribution in [-0.2, 0) is 4.74 Å². The van der Waals surface area contributed by atoms with E-state index < -0.39 is 0 Å². The highest BCUT2D eigenvalue weighted by molar-refractivity contribution is 5.67. The largest absolute Gasteiger partial charge is 0.444 e. The predicted octanol–water partition coefficient (Wildman–Crippen LogP) is 2.45. The first-order valence-corrected chi connectivity index (χ1v) is 4.71. The molecule has 0 aliphatic rings. The molecule has 0 aromatic rings. The Morgan fingerprint density at radius 1 is 1.43 bits per heavy atom. The summed E-state index contributed by atoms with van der Waals surface area (Å²) in [6.45, 7) is 9.78. The molecule has 0 saturated carbocycles. The van der Waals surface area contributed by atoms with Gasteiger partial charge in [-0.3, -0.25) is 0 Å². The lowest BCUT2D eigenvalue weighted by molar-refractivity contribution is 0.0531. The van der Waals surface area contributed by atoms with Gasteiger partial charge in [0.05, 0.1) is 6.07 Å². The average Bonchev–Trinajstić information content (AvgIpc) is 2.02. The number of carbonyl (C=O) groups is 1. The fraction of sp³-hybridized carbons (Fsp3) is 0.800. The molecule has 0 fully saturated rings. The molecule has 4 heteroatoms. The predicted molar refractivity (Wildman–Crippen MR) is 55.8 cm³/mol. The summed E-state index contributed by atoms with van der Waals surface area (Å²) in [5, 5.41) is 10.2. The van der Waals surface area contributed by atoms with Gasteiger partial charge in [0.25, 0.3) is 0 Å². The maximum absolute atomic E-state index is 10.7. The molecular formula is C10H20N2O2. The zero-order valence-electron chi connectivity index (χ0n) is 9.68. The molecule has 0 spiro atoms. The molecule has 0 saturated heterocycles. The summed E-state index contributed by atoms with van der Waals surface area (Å²) in [6, 6.07) is 1.93. The fourth-order valence-corrected chi connectivity index (χ4v) is 0.459. The lowest BCUT2D eigenvalue weighted by atomic mass is 10.2. The van der Waals surface area contributed by atoms with E-state index in [0.717, 1.165) is 0 Å². The second-order valence-corrected chi connectivity index (χ2v) is 3.54. The Hall–Kier alpha value is -1.24. The van der Waals surface area contributed by atoms with Gasteiger partial charge in [0, 0.05) is 13.0 Å². The third-order valence-electron chi connectivity index (χ3n) is 0.878. The van der Waals surface area contributed by atoms with Gasteiger partial charge in [-0.25, -0.2) is 4.79 Å². The Morgan fingerprint density at radius 3 is 2.07 bits per heavy atom. The van der Waals surface area contributed by atoms with Crippen LogP contribution in [0.25, 0.3) is 0 Å². The summed E-state index contributed by atoms with van der Waals surface area (Å²) in [5.41, 5.74) is -0.390. The second kappa shape index (κ2) is 8.36. The van der Waals surface area contributed by atoms with Crippen molar-refractivity contribution in [1.82, 2.24) is 5.32 Å². The van der Waals surface area contributed by atoms with E-state index in [9.17, 15) is 4.79 Å². The first kappa shape index (κ1) is 15.2. The van der Waals surface area contributed by atoms with Gasteiger partial charge < -0.3 is 10.1 Å². The van der Waals surface area contributed by atoms with Crippen molar-refractivity contribution in [3.63, 3.8) is 0 Å². The minimum absolute atomic E-state index is 0.352. The molecule has 1 amide bonds. The Bertz CT molecular complexity index is 189. The summed E-state index contributed by atoms with van der Waals surface area (Å²) in [6.07, 6.45) is 0.273. The minimum atomic E-state index is -0.390. The van der Waals surface area contributed by atoms with Crippen LogP contribution in [0.5, 0.6) is 0 Å². The zero-order valence-corrected chi connectivity index (χ0v) is 9.68. The standard InChI is InChI=1S/C7H15NO2.C3H5N/c1-5-8-6(9)10-7(2,3)4;1-2-3-4/h5H2,1-4H3,(H,8,9);2H2,1H3. The van der Waals surface area contributed by atoms with Crippen LogP contribution in [-0.4, -0.2) is 18.2 Å². The van der Waals surface area contributed by atoms with Crippen LogP contribution in [0.15, 0.2) is 0 Å². The lowest BCUT2D eigenvalue weighted by Crippen LogP contribution is -2.32.